The molecule has 1 saturated carbocycles. The average molecular weight is 273 g/mol. The molecule has 2 atom stereocenters. The minimum atomic E-state index is 0.518. The van der Waals surface area contributed by atoms with E-state index in [9.17, 15) is 0 Å². The third kappa shape index (κ3) is 2.57. The van der Waals surface area contributed by atoms with Gasteiger partial charge in [0.15, 0.2) is 11.5 Å². The Hall–Kier alpha value is -1.78. The monoisotopic (exact) mass is 273 g/mol. The second kappa shape index (κ2) is 5.69. The van der Waals surface area contributed by atoms with E-state index in [1.54, 1.807) is 0 Å². The zero-order chi connectivity index (χ0) is 13.9. The van der Waals surface area contributed by atoms with Crippen LogP contribution < -0.4 is 10.6 Å². The molecule has 0 amide bonds. The highest BCUT2D eigenvalue weighted by molar-refractivity contribution is 5.65. The number of anilines is 2. The average Bonchev–Trinajstić information content (AvgIpc) is 3.06. The van der Waals surface area contributed by atoms with E-state index in [2.05, 4.69) is 29.5 Å². The Balaban J connectivity index is 1.88. The summed E-state index contributed by atoms with van der Waals surface area (Å²) in [5.41, 5.74) is 0.908. The van der Waals surface area contributed by atoms with Crippen LogP contribution in [0.2, 0.25) is 0 Å². The SMILES string of the molecule is CCCNc1cn2ccnc2c(NC2CCCC2C)n1. The molecular formula is C15H23N5. The van der Waals surface area contributed by atoms with E-state index < -0.39 is 0 Å². The minimum Gasteiger partial charge on any atom is -0.369 e. The third-order valence-corrected chi connectivity index (χ3v) is 4.11. The van der Waals surface area contributed by atoms with Gasteiger partial charge in [-0.25, -0.2) is 9.97 Å². The third-order valence-electron chi connectivity index (χ3n) is 4.11. The van der Waals surface area contributed by atoms with E-state index in [0.29, 0.717) is 12.0 Å². The van der Waals surface area contributed by atoms with Crippen LogP contribution in [-0.4, -0.2) is 27.0 Å². The Bertz CT molecular complexity index is 577. The van der Waals surface area contributed by atoms with Crippen molar-refractivity contribution in [1.29, 1.82) is 0 Å². The van der Waals surface area contributed by atoms with Crippen molar-refractivity contribution in [3.63, 3.8) is 0 Å². The van der Waals surface area contributed by atoms with E-state index in [0.717, 1.165) is 30.2 Å². The summed E-state index contributed by atoms with van der Waals surface area (Å²) in [5, 5.41) is 6.96. The van der Waals surface area contributed by atoms with Crippen LogP contribution in [0.1, 0.15) is 39.5 Å². The van der Waals surface area contributed by atoms with Gasteiger partial charge in [0.1, 0.15) is 5.82 Å². The van der Waals surface area contributed by atoms with E-state index in [1.807, 2.05) is 23.0 Å². The maximum atomic E-state index is 4.70. The minimum absolute atomic E-state index is 0.518. The molecule has 1 aliphatic rings. The first kappa shape index (κ1) is 13.2. The highest BCUT2D eigenvalue weighted by atomic mass is 15.2. The molecule has 0 bridgehead atoms. The highest BCUT2D eigenvalue weighted by Gasteiger charge is 2.24. The molecule has 1 fully saturated rings. The Morgan fingerprint density at radius 1 is 1.40 bits per heavy atom. The fraction of sp³-hybridized carbons (Fsp3) is 0.600. The second-order valence-corrected chi connectivity index (χ2v) is 5.72. The van der Waals surface area contributed by atoms with Crippen LogP contribution in [0.5, 0.6) is 0 Å². The fourth-order valence-electron chi connectivity index (χ4n) is 2.90. The molecule has 2 aromatic heterocycles. The van der Waals surface area contributed by atoms with Crippen molar-refractivity contribution in [2.45, 2.75) is 45.6 Å². The number of nitrogens with one attached hydrogen (secondary N) is 2. The Labute approximate surface area is 119 Å². The number of aromatic nitrogens is 3. The Morgan fingerprint density at radius 2 is 2.30 bits per heavy atom. The molecule has 2 heterocycles. The van der Waals surface area contributed by atoms with Gasteiger partial charge in [-0.1, -0.05) is 20.3 Å². The molecule has 5 nitrogen and oxygen atoms in total. The van der Waals surface area contributed by atoms with Crippen molar-refractivity contribution in [2.24, 2.45) is 5.92 Å². The van der Waals surface area contributed by atoms with Gasteiger partial charge >= 0.3 is 0 Å². The summed E-state index contributed by atoms with van der Waals surface area (Å²) in [6.45, 7) is 5.40. The summed E-state index contributed by atoms with van der Waals surface area (Å²) in [6, 6.07) is 0.518. The summed E-state index contributed by atoms with van der Waals surface area (Å²) in [4.78, 5) is 9.12. The number of hydrogen-bond acceptors (Lipinski definition) is 4. The Morgan fingerprint density at radius 3 is 3.05 bits per heavy atom. The van der Waals surface area contributed by atoms with Crippen LogP contribution in [0.3, 0.4) is 0 Å². The number of fused-ring (bicyclic) bond motifs is 1. The smallest absolute Gasteiger partial charge is 0.180 e. The molecule has 0 aromatic carbocycles. The largest absolute Gasteiger partial charge is 0.369 e. The molecule has 2 aromatic rings. The lowest BCUT2D eigenvalue weighted by Gasteiger charge is -2.19. The Kier molecular flexibility index (Phi) is 3.76. The van der Waals surface area contributed by atoms with Crippen LogP contribution >= 0.6 is 0 Å². The lowest BCUT2D eigenvalue weighted by atomic mass is 10.1. The number of imidazole rings is 1. The molecule has 20 heavy (non-hydrogen) atoms. The lowest BCUT2D eigenvalue weighted by Crippen LogP contribution is -2.23. The van der Waals surface area contributed by atoms with Gasteiger partial charge in [0.25, 0.3) is 0 Å². The number of hydrogen-bond donors (Lipinski definition) is 2. The maximum absolute atomic E-state index is 4.70. The van der Waals surface area contributed by atoms with Gasteiger partial charge in [0.2, 0.25) is 0 Å². The summed E-state index contributed by atoms with van der Waals surface area (Å²) in [7, 11) is 0. The quantitative estimate of drug-likeness (QED) is 0.878. The topological polar surface area (TPSA) is 54.2 Å². The lowest BCUT2D eigenvalue weighted by molar-refractivity contribution is 0.555. The number of rotatable bonds is 5. The van der Waals surface area contributed by atoms with Crippen LogP contribution in [0.15, 0.2) is 18.6 Å². The second-order valence-electron chi connectivity index (χ2n) is 5.72. The molecule has 0 spiro atoms. The summed E-state index contributed by atoms with van der Waals surface area (Å²) in [5.74, 6) is 2.51. The van der Waals surface area contributed by atoms with E-state index >= 15 is 0 Å². The zero-order valence-electron chi connectivity index (χ0n) is 12.3. The molecule has 0 saturated heterocycles. The van der Waals surface area contributed by atoms with E-state index in [-0.39, 0.29) is 0 Å². The van der Waals surface area contributed by atoms with Crippen LogP contribution in [0.4, 0.5) is 11.6 Å². The van der Waals surface area contributed by atoms with Crippen LogP contribution in [-0.2, 0) is 0 Å². The van der Waals surface area contributed by atoms with E-state index in [4.69, 9.17) is 4.98 Å². The predicted octanol–water partition coefficient (Wildman–Crippen LogP) is 3.15. The van der Waals surface area contributed by atoms with Gasteiger partial charge in [0.05, 0.1) is 6.20 Å². The maximum Gasteiger partial charge on any atom is 0.180 e. The molecular weight excluding hydrogens is 250 g/mol. The first-order chi connectivity index (χ1) is 9.78. The summed E-state index contributed by atoms with van der Waals surface area (Å²) < 4.78 is 2.03. The first-order valence-electron chi connectivity index (χ1n) is 7.62. The van der Waals surface area contributed by atoms with Gasteiger partial charge in [0, 0.05) is 25.0 Å². The van der Waals surface area contributed by atoms with Crippen molar-refractivity contribution >= 4 is 17.3 Å². The molecule has 3 rings (SSSR count). The van der Waals surface area contributed by atoms with Gasteiger partial charge in [-0.15, -0.1) is 0 Å². The molecule has 5 heteroatoms. The van der Waals surface area contributed by atoms with Crippen molar-refractivity contribution in [2.75, 3.05) is 17.2 Å². The normalized spacial score (nSPS) is 22.3. The number of nitrogens with zero attached hydrogens (tertiary/aromatic N) is 3. The first-order valence-corrected chi connectivity index (χ1v) is 7.62. The van der Waals surface area contributed by atoms with Crippen molar-refractivity contribution in [1.82, 2.24) is 14.4 Å². The van der Waals surface area contributed by atoms with Gasteiger partial charge in [-0.2, -0.15) is 0 Å². The van der Waals surface area contributed by atoms with Crippen molar-refractivity contribution in [3.05, 3.63) is 18.6 Å². The molecule has 0 aliphatic heterocycles. The molecule has 0 radical (unpaired) electrons. The highest BCUT2D eigenvalue weighted by Crippen LogP contribution is 2.28. The molecule has 1 aliphatic carbocycles. The fourth-order valence-corrected chi connectivity index (χ4v) is 2.90. The van der Waals surface area contributed by atoms with Crippen molar-refractivity contribution < 1.29 is 0 Å². The summed E-state index contributed by atoms with van der Waals surface area (Å²) >= 11 is 0. The van der Waals surface area contributed by atoms with Gasteiger partial charge < -0.3 is 15.0 Å². The standard InChI is InChI=1S/C15H23N5/c1-3-7-16-13-10-20-9-8-17-15(20)14(19-13)18-12-6-4-5-11(12)2/h8-12,16H,3-7H2,1-2H3,(H,18,19). The molecule has 2 unspecified atom stereocenters. The van der Waals surface area contributed by atoms with Gasteiger partial charge in [-0.3, -0.25) is 0 Å². The molecule has 108 valence electrons. The predicted molar refractivity (Wildman–Crippen MR) is 82.2 cm³/mol. The summed E-state index contributed by atoms with van der Waals surface area (Å²) in [6.07, 6.45) is 10.7. The molecule has 2 N–H and O–H groups in total. The van der Waals surface area contributed by atoms with Crippen LogP contribution in [0, 0.1) is 5.92 Å². The van der Waals surface area contributed by atoms with Crippen LogP contribution in [0.25, 0.3) is 5.65 Å². The van der Waals surface area contributed by atoms with Crippen molar-refractivity contribution in [3.8, 4) is 0 Å². The van der Waals surface area contributed by atoms with E-state index in [1.165, 1.54) is 19.3 Å². The zero-order valence-corrected chi connectivity index (χ0v) is 12.3. The van der Waals surface area contributed by atoms with Gasteiger partial charge in [-0.05, 0) is 25.2 Å².